The van der Waals surface area contributed by atoms with Crippen LogP contribution < -0.4 is 25.6 Å². The van der Waals surface area contributed by atoms with Crippen LogP contribution in [0.25, 0.3) is 27.7 Å². The van der Waals surface area contributed by atoms with Gasteiger partial charge in [-0.3, -0.25) is 0 Å². The van der Waals surface area contributed by atoms with Crippen LogP contribution in [0.2, 0.25) is 0 Å². The van der Waals surface area contributed by atoms with Gasteiger partial charge in [0.25, 0.3) is 0 Å². The topological polar surface area (TPSA) is 125 Å². The zero-order chi connectivity index (χ0) is 42.9. The number of allylic oxidation sites excluding steroid dienone is 1. The largest absolute Gasteiger partial charge is 0.376 e. The number of rotatable bonds is 18. The SMILES string of the molecule is C=CNC(=C)C(CCC)Nc1cnc2c(c1)CCC(CC(=C)N1CCN(c3ncc(-c4cnc5[nH]cc(C(=C)c6cccc(NSN(C)CC)c6F)c5c4)cn3)CC1)CCN2. The first-order chi connectivity index (χ1) is 29.6. The number of aryl methyl sites for hydroxylation is 1. The Kier molecular flexibility index (Phi) is 14.3. The lowest BCUT2D eigenvalue weighted by Crippen LogP contribution is -2.46. The van der Waals surface area contributed by atoms with Gasteiger partial charge in [0.1, 0.15) is 11.5 Å². The number of fused-ring (bicyclic) bond motifs is 2. The Bertz CT molecular complexity index is 2330. The van der Waals surface area contributed by atoms with Crippen LogP contribution in [0.5, 0.6) is 0 Å². The quantitative estimate of drug-likeness (QED) is 0.0540. The molecule has 61 heavy (non-hydrogen) atoms. The van der Waals surface area contributed by atoms with E-state index in [1.165, 1.54) is 23.4 Å². The number of benzene rings is 1. The highest BCUT2D eigenvalue weighted by Crippen LogP contribution is 2.35. The van der Waals surface area contributed by atoms with Gasteiger partial charge in [-0.15, -0.1) is 0 Å². The Morgan fingerprint density at radius 1 is 1.00 bits per heavy atom. The lowest BCUT2D eigenvalue weighted by molar-refractivity contribution is 0.290. The number of halogens is 1. The molecule has 0 saturated carbocycles. The third-order valence-electron chi connectivity index (χ3n) is 11.7. The van der Waals surface area contributed by atoms with E-state index in [9.17, 15) is 0 Å². The van der Waals surface area contributed by atoms with E-state index < -0.39 is 0 Å². The summed E-state index contributed by atoms with van der Waals surface area (Å²) in [5, 5.41) is 11.2. The van der Waals surface area contributed by atoms with Gasteiger partial charge in [0.15, 0.2) is 5.82 Å². The number of H-pyrrole nitrogens is 1. The summed E-state index contributed by atoms with van der Waals surface area (Å²) < 4.78 is 20.8. The molecule has 4 aromatic heterocycles. The number of aromatic amines is 1. The Hall–Kier alpha value is -5.86. The van der Waals surface area contributed by atoms with Gasteiger partial charge >= 0.3 is 0 Å². The van der Waals surface area contributed by atoms with Crippen LogP contribution in [0.1, 0.15) is 62.6 Å². The second-order valence-electron chi connectivity index (χ2n) is 15.8. The molecule has 0 radical (unpaired) electrons. The fraction of sp³-hybridized carbons (Fsp3) is 0.362. The minimum atomic E-state index is -0.349. The molecule has 1 saturated heterocycles. The molecule has 320 valence electrons. The molecule has 2 aliphatic heterocycles. The Morgan fingerprint density at radius 3 is 2.54 bits per heavy atom. The van der Waals surface area contributed by atoms with Crippen LogP contribution >= 0.6 is 12.1 Å². The molecule has 2 atom stereocenters. The number of hydrogen-bond acceptors (Lipinski definition) is 12. The molecule has 7 rings (SSSR count). The zero-order valence-electron chi connectivity index (χ0n) is 35.7. The maximum Gasteiger partial charge on any atom is 0.225 e. The molecule has 0 aliphatic carbocycles. The summed E-state index contributed by atoms with van der Waals surface area (Å²) in [6.07, 6.45) is 17.1. The smallest absolute Gasteiger partial charge is 0.225 e. The molecule has 0 spiro atoms. The van der Waals surface area contributed by atoms with Crippen LogP contribution in [0.3, 0.4) is 0 Å². The predicted octanol–water partition coefficient (Wildman–Crippen LogP) is 9.46. The maximum absolute atomic E-state index is 15.7. The third kappa shape index (κ3) is 10.4. The minimum absolute atomic E-state index is 0.0984. The van der Waals surface area contributed by atoms with E-state index in [2.05, 4.69) is 79.7 Å². The van der Waals surface area contributed by atoms with Crippen LogP contribution in [-0.4, -0.2) is 86.5 Å². The van der Waals surface area contributed by atoms with Crippen molar-refractivity contribution in [3.8, 4) is 11.1 Å². The van der Waals surface area contributed by atoms with Crippen molar-refractivity contribution in [1.29, 1.82) is 0 Å². The highest BCUT2D eigenvalue weighted by Gasteiger charge is 2.24. The second kappa shape index (κ2) is 20.1. The van der Waals surface area contributed by atoms with Crippen LogP contribution in [-0.2, 0) is 6.42 Å². The number of aromatic nitrogens is 5. The van der Waals surface area contributed by atoms with Gasteiger partial charge < -0.3 is 35.5 Å². The van der Waals surface area contributed by atoms with Gasteiger partial charge in [0, 0.05) is 115 Å². The monoisotopic (exact) mass is 842 g/mol. The summed E-state index contributed by atoms with van der Waals surface area (Å²) in [6, 6.07) is 9.69. The van der Waals surface area contributed by atoms with Crippen molar-refractivity contribution in [2.24, 2.45) is 5.92 Å². The van der Waals surface area contributed by atoms with E-state index in [1.807, 2.05) is 61.4 Å². The summed E-state index contributed by atoms with van der Waals surface area (Å²) >= 11 is 1.35. The van der Waals surface area contributed by atoms with Gasteiger partial charge in [-0.2, -0.15) is 0 Å². The number of nitrogens with zero attached hydrogens (tertiary/aromatic N) is 7. The van der Waals surface area contributed by atoms with E-state index in [-0.39, 0.29) is 11.9 Å². The average Bonchev–Trinajstić information content (AvgIpc) is 3.70. The van der Waals surface area contributed by atoms with Crippen LogP contribution in [0.4, 0.5) is 27.5 Å². The molecule has 0 bridgehead atoms. The van der Waals surface area contributed by atoms with Crippen molar-refractivity contribution in [3.05, 3.63) is 128 Å². The predicted molar refractivity (Wildman–Crippen MR) is 253 cm³/mol. The fourth-order valence-corrected chi connectivity index (χ4v) is 8.55. The molecular formula is C47H59FN12S. The Labute approximate surface area is 364 Å². The van der Waals surface area contributed by atoms with E-state index in [0.29, 0.717) is 34.3 Å². The summed E-state index contributed by atoms with van der Waals surface area (Å²) in [5.41, 5.74) is 8.97. The highest BCUT2D eigenvalue weighted by molar-refractivity contribution is 7.98. The molecule has 14 heteroatoms. The molecule has 1 fully saturated rings. The first kappa shape index (κ1) is 43.2. The van der Waals surface area contributed by atoms with Gasteiger partial charge in [0.05, 0.1) is 23.6 Å². The molecule has 5 aromatic rings. The molecule has 12 nitrogen and oxygen atoms in total. The Morgan fingerprint density at radius 2 is 1.79 bits per heavy atom. The third-order valence-corrected chi connectivity index (χ3v) is 12.6. The maximum atomic E-state index is 15.7. The van der Waals surface area contributed by atoms with E-state index in [0.717, 1.165) is 117 Å². The summed E-state index contributed by atoms with van der Waals surface area (Å²) in [4.78, 5) is 26.9. The van der Waals surface area contributed by atoms with Crippen molar-refractivity contribution in [3.63, 3.8) is 0 Å². The average molecular weight is 843 g/mol. The molecular weight excluding hydrogens is 784 g/mol. The molecule has 2 unspecified atom stereocenters. The summed E-state index contributed by atoms with van der Waals surface area (Å²) in [6.45, 7) is 26.1. The normalized spacial score (nSPS) is 15.9. The molecule has 5 N–H and O–H groups in total. The van der Waals surface area contributed by atoms with Gasteiger partial charge in [-0.05, 0) is 80.6 Å². The van der Waals surface area contributed by atoms with Gasteiger partial charge in [-0.1, -0.05) is 58.7 Å². The molecule has 0 amide bonds. The minimum Gasteiger partial charge on any atom is -0.376 e. The molecule has 6 heterocycles. The van der Waals surface area contributed by atoms with E-state index >= 15 is 4.39 Å². The fourth-order valence-electron chi connectivity index (χ4n) is 8.01. The van der Waals surface area contributed by atoms with Crippen molar-refractivity contribution in [2.75, 3.05) is 66.6 Å². The van der Waals surface area contributed by atoms with Crippen molar-refractivity contribution in [2.45, 2.75) is 58.4 Å². The summed E-state index contributed by atoms with van der Waals surface area (Å²) in [7, 11) is 1.95. The standard InChI is InChI=1S/C47H59FN12S/c1-8-12-42(33(6)49-9-2)56-38-24-35-16-15-34(17-18-50-45(35)52-29-38)23-31(4)59-19-21-60(22-20-59)47-54-27-37(28-55-47)36-25-40-41(30-53-46(40)51-26-36)32(5)39-13-11-14-43(44(39)48)57-61-58(7)10-3/h9,11,13-14,24-30,34,42,49,56-57H,2,4-6,8,10,12,15-23H2,1,3,7H3,(H,50,52)(H,51,53). The summed E-state index contributed by atoms with van der Waals surface area (Å²) in [5.74, 6) is 1.88. The van der Waals surface area contributed by atoms with E-state index in [4.69, 9.17) is 15.0 Å². The Balaban J connectivity index is 0.930. The van der Waals surface area contributed by atoms with Crippen molar-refractivity contribution < 1.29 is 4.39 Å². The number of hydrogen-bond donors (Lipinski definition) is 5. The lowest BCUT2D eigenvalue weighted by atomic mass is 9.90. The van der Waals surface area contributed by atoms with Gasteiger partial charge in [-0.25, -0.2) is 28.6 Å². The van der Waals surface area contributed by atoms with Crippen LogP contribution in [0, 0.1) is 11.7 Å². The first-order valence-electron chi connectivity index (χ1n) is 21.3. The van der Waals surface area contributed by atoms with Crippen molar-refractivity contribution >= 4 is 51.9 Å². The highest BCUT2D eigenvalue weighted by atomic mass is 32.2. The van der Waals surface area contributed by atoms with Crippen molar-refractivity contribution in [1.82, 2.24) is 39.4 Å². The second-order valence-corrected chi connectivity index (χ2v) is 16.8. The number of pyridine rings is 2. The number of piperazine rings is 1. The van der Waals surface area contributed by atoms with Crippen LogP contribution in [0.15, 0.2) is 105 Å². The number of anilines is 4. The first-order valence-corrected chi connectivity index (χ1v) is 22.1. The molecule has 2 aliphatic rings. The van der Waals surface area contributed by atoms with Gasteiger partial charge in [0.2, 0.25) is 5.95 Å². The molecule has 1 aromatic carbocycles. The van der Waals surface area contributed by atoms with E-state index in [1.54, 1.807) is 18.3 Å². The number of nitrogens with one attached hydrogen (secondary N) is 5. The lowest BCUT2D eigenvalue weighted by Gasteiger charge is -2.38. The zero-order valence-corrected chi connectivity index (χ0v) is 36.6.